The Hall–Kier alpha value is -0.870. The predicted molar refractivity (Wildman–Crippen MR) is 81.2 cm³/mol. The molecule has 3 nitrogen and oxygen atoms in total. The third-order valence-electron chi connectivity index (χ3n) is 4.16. The Labute approximate surface area is 123 Å². The molecule has 4 heteroatoms. The Balaban J connectivity index is 2.16. The molecule has 0 saturated heterocycles. The lowest BCUT2D eigenvalue weighted by Gasteiger charge is -2.29. The lowest BCUT2D eigenvalue weighted by atomic mass is 10.0. The highest BCUT2D eigenvalue weighted by molar-refractivity contribution is 9.10. The summed E-state index contributed by atoms with van der Waals surface area (Å²) in [7, 11) is 1.90. The van der Waals surface area contributed by atoms with Crippen LogP contribution in [0.25, 0.3) is 0 Å². The van der Waals surface area contributed by atoms with Crippen LogP contribution in [0.3, 0.4) is 0 Å². The molecule has 0 spiro atoms. The van der Waals surface area contributed by atoms with Crippen LogP contribution in [-0.2, 0) is 0 Å². The number of rotatable bonds is 3. The lowest BCUT2D eigenvalue weighted by Crippen LogP contribution is -2.41. The van der Waals surface area contributed by atoms with Crippen molar-refractivity contribution in [3.63, 3.8) is 0 Å². The van der Waals surface area contributed by atoms with Gasteiger partial charge in [0.2, 0.25) is 0 Å². The molecule has 0 bridgehead atoms. The minimum Gasteiger partial charge on any atom is -0.338 e. The van der Waals surface area contributed by atoms with E-state index in [4.69, 9.17) is 5.73 Å². The Morgan fingerprint density at radius 3 is 2.84 bits per heavy atom. The number of halogens is 1. The van der Waals surface area contributed by atoms with Gasteiger partial charge in [-0.05, 0) is 49.9 Å². The van der Waals surface area contributed by atoms with E-state index < -0.39 is 0 Å². The SMILES string of the molecule is Cc1ccc(C(=O)N(C)C2CCCC2CN)cc1Br. The summed E-state index contributed by atoms with van der Waals surface area (Å²) in [5.74, 6) is 0.536. The maximum Gasteiger partial charge on any atom is 0.253 e. The second kappa shape index (κ2) is 6.06. The van der Waals surface area contributed by atoms with E-state index in [2.05, 4.69) is 15.9 Å². The van der Waals surface area contributed by atoms with E-state index >= 15 is 0 Å². The van der Waals surface area contributed by atoms with Gasteiger partial charge in [-0.25, -0.2) is 0 Å². The van der Waals surface area contributed by atoms with Crippen LogP contribution in [0.1, 0.15) is 35.2 Å². The van der Waals surface area contributed by atoms with E-state index in [1.807, 2.05) is 37.1 Å². The summed E-state index contributed by atoms with van der Waals surface area (Å²) in [6, 6.07) is 6.06. The zero-order valence-corrected chi connectivity index (χ0v) is 13.1. The number of nitrogens with zero attached hydrogens (tertiary/aromatic N) is 1. The summed E-state index contributed by atoms with van der Waals surface area (Å²) >= 11 is 3.48. The van der Waals surface area contributed by atoms with Crippen LogP contribution in [0.15, 0.2) is 22.7 Å². The molecule has 0 aliphatic heterocycles. The van der Waals surface area contributed by atoms with Crippen molar-refractivity contribution in [1.29, 1.82) is 0 Å². The van der Waals surface area contributed by atoms with Crippen LogP contribution in [0.5, 0.6) is 0 Å². The summed E-state index contributed by atoms with van der Waals surface area (Å²) in [5.41, 5.74) is 7.68. The molecule has 2 rings (SSSR count). The molecule has 1 aliphatic carbocycles. The zero-order valence-electron chi connectivity index (χ0n) is 11.5. The fourth-order valence-corrected chi connectivity index (χ4v) is 3.26. The van der Waals surface area contributed by atoms with Gasteiger partial charge in [0.15, 0.2) is 0 Å². The van der Waals surface area contributed by atoms with Crippen molar-refractivity contribution in [1.82, 2.24) is 4.90 Å². The van der Waals surface area contributed by atoms with Crippen molar-refractivity contribution in [2.75, 3.05) is 13.6 Å². The van der Waals surface area contributed by atoms with E-state index in [9.17, 15) is 4.79 Å². The molecule has 1 amide bonds. The van der Waals surface area contributed by atoms with Crippen LogP contribution in [0.2, 0.25) is 0 Å². The number of hydrogen-bond donors (Lipinski definition) is 1. The average Bonchev–Trinajstić information content (AvgIpc) is 2.88. The van der Waals surface area contributed by atoms with Gasteiger partial charge in [-0.15, -0.1) is 0 Å². The molecule has 0 aromatic heterocycles. The van der Waals surface area contributed by atoms with Crippen LogP contribution in [0, 0.1) is 12.8 Å². The normalized spacial score (nSPS) is 22.5. The Morgan fingerprint density at radius 2 is 2.21 bits per heavy atom. The molecule has 1 aliphatic rings. The number of amides is 1. The smallest absolute Gasteiger partial charge is 0.253 e. The quantitative estimate of drug-likeness (QED) is 0.929. The van der Waals surface area contributed by atoms with Crippen LogP contribution in [-0.4, -0.2) is 30.4 Å². The third-order valence-corrected chi connectivity index (χ3v) is 5.01. The molecule has 2 N–H and O–H groups in total. The summed E-state index contributed by atoms with van der Waals surface area (Å²) < 4.78 is 0.980. The standard InChI is InChI=1S/C15H21BrN2O/c1-10-6-7-11(8-13(10)16)15(19)18(2)14-5-3-4-12(14)9-17/h6-8,12,14H,3-5,9,17H2,1-2H3. The van der Waals surface area contributed by atoms with Crippen molar-refractivity contribution in [2.45, 2.75) is 32.2 Å². The number of hydrogen-bond acceptors (Lipinski definition) is 2. The molecule has 1 aromatic rings. The Kier molecular flexibility index (Phi) is 4.63. The van der Waals surface area contributed by atoms with Gasteiger partial charge in [-0.1, -0.05) is 28.4 Å². The molecule has 2 unspecified atom stereocenters. The highest BCUT2D eigenvalue weighted by atomic mass is 79.9. The number of benzene rings is 1. The molecular formula is C15H21BrN2O. The first-order valence-corrected chi connectivity index (χ1v) is 7.57. The van der Waals surface area contributed by atoms with Gasteiger partial charge in [0.25, 0.3) is 5.91 Å². The first-order chi connectivity index (χ1) is 9.04. The maximum atomic E-state index is 12.5. The van der Waals surface area contributed by atoms with Crippen LogP contribution >= 0.6 is 15.9 Å². The molecule has 0 heterocycles. The number of carbonyl (C=O) groups is 1. The van der Waals surface area contributed by atoms with Gasteiger partial charge < -0.3 is 10.6 Å². The second-order valence-corrected chi connectivity index (χ2v) is 6.23. The average molecular weight is 325 g/mol. The highest BCUT2D eigenvalue weighted by Crippen LogP contribution is 2.29. The first kappa shape index (κ1) is 14.5. The number of carbonyl (C=O) groups excluding carboxylic acids is 1. The molecule has 1 aromatic carbocycles. The Morgan fingerprint density at radius 1 is 1.47 bits per heavy atom. The van der Waals surface area contributed by atoms with Gasteiger partial charge in [-0.2, -0.15) is 0 Å². The van der Waals surface area contributed by atoms with Gasteiger partial charge in [0, 0.05) is 23.1 Å². The molecule has 1 fully saturated rings. The minimum absolute atomic E-state index is 0.0889. The number of nitrogens with two attached hydrogens (primary N) is 1. The van der Waals surface area contributed by atoms with Crippen molar-refractivity contribution >= 4 is 21.8 Å². The minimum atomic E-state index is 0.0889. The van der Waals surface area contributed by atoms with Crippen molar-refractivity contribution < 1.29 is 4.79 Å². The second-order valence-electron chi connectivity index (χ2n) is 5.37. The fourth-order valence-electron chi connectivity index (χ4n) is 2.88. The molecule has 104 valence electrons. The topological polar surface area (TPSA) is 46.3 Å². The van der Waals surface area contributed by atoms with Crippen LogP contribution < -0.4 is 5.73 Å². The predicted octanol–water partition coefficient (Wildman–Crippen LogP) is 2.96. The summed E-state index contributed by atoms with van der Waals surface area (Å²) in [6.07, 6.45) is 3.37. The molecular weight excluding hydrogens is 304 g/mol. The Bertz CT molecular complexity index is 475. The molecule has 1 saturated carbocycles. The summed E-state index contributed by atoms with van der Waals surface area (Å²) in [4.78, 5) is 14.4. The number of aryl methyl sites for hydroxylation is 1. The van der Waals surface area contributed by atoms with Gasteiger partial charge in [0.1, 0.15) is 0 Å². The van der Waals surface area contributed by atoms with E-state index in [0.717, 1.165) is 28.4 Å². The largest absolute Gasteiger partial charge is 0.338 e. The van der Waals surface area contributed by atoms with E-state index in [1.165, 1.54) is 6.42 Å². The van der Waals surface area contributed by atoms with Crippen LogP contribution in [0.4, 0.5) is 0 Å². The summed E-state index contributed by atoms with van der Waals surface area (Å²) in [5, 5.41) is 0. The molecule has 19 heavy (non-hydrogen) atoms. The van der Waals surface area contributed by atoms with E-state index in [-0.39, 0.29) is 11.9 Å². The highest BCUT2D eigenvalue weighted by Gasteiger charge is 2.32. The fraction of sp³-hybridized carbons (Fsp3) is 0.533. The monoisotopic (exact) mass is 324 g/mol. The first-order valence-electron chi connectivity index (χ1n) is 6.78. The zero-order chi connectivity index (χ0) is 14.0. The maximum absolute atomic E-state index is 12.5. The van der Waals surface area contributed by atoms with Gasteiger partial charge in [-0.3, -0.25) is 4.79 Å². The third kappa shape index (κ3) is 3.00. The van der Waals surface area contributed by atoms with Crippen molar-refractivity contribution in [3.8, 4) is 0 Å². The summed E-state index contributed by atoms with van der Waals surface area (Å²) in [6.45, 7) is 2.68. The van der Waals surface area contributed by atoms with Gasteiger partial charge in [0.05, 0.1) is 0 Å². The van der Waals surface area contributed by atoms with E-state index in [0.29, 0.717) is 12.5 Å². The van der Waals surface area contributed by atoms with Crippen molar-refractivity contribution in [2.24, 2.45) is 11.7 Å². The van der Waals surface area contributed by atoms with Crippen molar-refractivity contribution in [3.05, 3.63) is 33.8 Å². The molecule has 2 atom stereocenters. The van der Waals surface area contributed by atoms with E-state index in [1.54, 1.807) is 0 Å². The molecule has 0 radical (unpaired) electrons. The van der Waals surface area contributed by atoms with Gasteiger partial charge >= 0.3 is 0 Å². The lowest BCUT2D eigenvalue weighted by molar-refractivity contribution is 0.0700.